The van der Waals surface area contributed by atoms with Gasteiger partial charge in [0.05, 0.1) is 12.0 Å². The summed E-state index contributed by atoms with van der Waals surface area (Å²) < 4.78 is 31.7. The van der Waals surface area contributed by atoms with E-state index in [0.717, 1.165) is 5.56 Å². The van der Waals surface area contributed by atoms with Crippen molar-refractivity contribution in [3.05, 3.63) is 42.5 Å². The number of hydrogen-bond acceptors (Lipinski definition) is 4. The normalized spacial score (nSPS) is 22.5. The molecule has 1 aromatic rings. The second kappa shape index (κ2) is 7.27. The van der Waals surface area contributed by atoms with Gasteiger partial charge in [-0.2, -0.15) is 4.31 Å². The van der Waals surface area contributed by atoms with E-state index in [2.05, 4.69) is 6.58 Å². The third kappa shape index (κ3) is 4.00. The van der Waals surface area contributed by atoms with Crippen LogP contribution >= 0.6 is 0 Å². The van der Waals surface area contributed by atoms with Gasteiger partial charge in [0.2, 0.25) is 10.0 Å². The molecule has 0 N–H and O–H groups in total. The van der Waals surface area contributed by atoms with Crippen LogP contribution in [0.15, 0.2) is 41.8 Å². The van der Waals surface area contributed by atoms with E-state index in [9.17, 15) is 13.2 Å². The summed E-state index contributed by atoms with van der Waals surface area (Å²) >= 11 is 0. The van der Waals surface area contributed by atoms with Crippen LogP contribution < -0.4 is 0 Å². The number of carbonyl (C=O) groups excluding carboxylic acids is 1. The predicted molar refractivity (Wildman–Crippen MR) is 88.4 cm³/mol. The van der Waals surface area contributed by atoms with Crippen LogP contribution in [-0.2, 0) is 19.6 Å². The van der Waals surface area contributed by atoms with E-state index in [-0.39, 0.29) is 17.8 Å². The van der Waals surface area contributed by atoms with Crippen molar-refractivity contribution in [2.45, 2.75) is 24.7 Å². The molecule has 5 nitrogen and oxygen atoms in total. The molecule has 0 spiro atoms. The summed E-state index contributed by atoms with van der Waals surface area (Å²) in [5, 5.41) is 0. The average Bonchev–Trinajstić information content (AvgIpc) is 2.55. The van der Waals surface area contributed by atoms with Crippen LogP contribution in [0.25, 0.3) is 0 Å². The number of hydrogen-bond donors (Lipinski definition) is 0. The van der Waals surface area contributed by atoms with Crippen molar-refractivity contribution in [1.82, 2.24) is 4.31 Å². The lowest BCUT2D eigenvalue weighted by Crippen LogP contribution is -2.43. The number of aryl methyl sites for hydroxylation is 1. The smallest absolute Gasteiger partial charge is 0.305 e. The van der Waals surface area contributed by atoms with Gasteiger partial charge in [-0.1, -0.05) is 23.8 Å². The zero-order valence-electron chi connectivity index (χ0n) is 13.6. The summed E-state index contributed by atoms with van der Waals surface area (Å²) in [6.07, 6.45) is 2.66. The minimum atomic E-state index is -3.51. The number of rotatable bonds is 5. The van der Waals surface area contributed by atoms with Gasteiger partial charge in [0.25, 0.3) is 0 Å². The lowest BCUT2D eigenvalue weighted by atomic mass is 9.84. The van der Waals surface area contributed by atoms with Crippen LogP contribution in [0.4, 0.5) is 0 Å². The highest BCUT2D eigenvalue weighted by Crippen LogP contribution is 2.31. The van der Waals surface area contributed by atoms with Crippen molar-refractivity contribution in [3.8, 4) is 0 Å². The van der Waals surface area contributed by atoms with Crippen molar-refractivity contribution < 1.29 is 17.9 Å². The number of esters is 1. The molecule has 126 valence electrons. The lowest BCUT2D eigenvalue weighted by molar-refractivity contribution is -0.142. The summed E-state index contributed by atoms with van der Waals surface area (Å²) in [5.41, 5.74) is 1.02. The molecule has 1 aliphatic heterocycles. The van der Waals surface area contributed by atoms with Gasteiger partial charge >= 0.3 is 5.97 Å². The van der Waals surface area contributed by atoms with E-state index < -0.39 is 10.0 Å². The highest BCUT2D eigenvalue weighted by atomic mass is 32.2. The molecule has 1 saturated heterocycles. The second-order valence-corrected chi connectivity index (χ2v) is 7.84. The molecular formula is C17H23NO4S. The van der Waals surface area contributed by atoms with Crippen molar-refractivity contribution >= 4 is 16.0 Å². The topological polar surface area (TPSA) is 63.7 Å². The second-order valence-electron chi connectivity index (χ2n) is 5.90. The fourth-order valence-electron chi connectivity index (χ4n) is 2.89. The van der Waals surface area contributed by atoms with Gasteiger partial charge in [0.15, 0.2) is 0 Å². The Bertz CT molecular complexity index is 666. The Morgan fingerprint density at radius 3 is 2.61 bits per heavy atom. The van der Waals surface area contributed by atoms with Gasteiger partial charge in [0.1, 0.15) is 0 Å². The number of piperidine rings is 1. The number of nitrogens with zero attached hydrogens (tertiary/aromatic N) is 1. The number of benzene rings is 1. The molecular weight excluding hydrogens is 314 g/mol. The van der Waals surface area contributed by atoms with Crippen LogP contribution in [0, 0.1) is 18.8 Å². The molecule has 23 heavy (non-hydrogen) atoms. The van der Waals surface area contributed by atoms with Crippen LogP contribution in [-0.4, -0.2) is 38.9 Å². The number of methoxy groups -OCH3 is 1. The minimum absolute atomic E-state index is 0.0527. The molecule has 6 heteroatoms. The summed E-state index contributed by atoms with van der Waals surface area (Å²) in [5.74, 6) is -0.246. The molecule has 2 rings (SSSR count). The summed E-state index contributed by atoms with van der Waals surface area (Å²) in [4.78, 5) is 11.8. The Morgan fingerprint density at radius 1 is 1.39 bits per heavy atom. The van der Waals surface area contributed by atoms with Crippen molar-refractivity contribution in [2.75, 3.05) is 20.2 Å². The predicted octanol–water partition coefficient (Wildman–Crippen LogP) is 2.37. The molecule has 0 bridgehead atoms. The highest BCUT2D eigenvalue weighted by Gasteiger charge is 2.35. The molecule has 1 fully saturated rings. The molecule has 1 aromatic carbocycles. The van der Waals surface area contributed by atoms with Crippen LogP contribution in [0.1, 0.15) is 18.4 Å². The molecule has 0 unspecified atom stereocenters. The first-order valence-corrected chi connectivity index (χ1v) is 9.08. The maximum absolute atomic E-state index is 12.7. The van der Waals surface area contributed by atoms with E-state index in [4.69, 9.17) is 4.74 Å². The maximum Gasteiger partial charge on any atom is 0.305 e. The molecule has 1 heterocycles. The quantitative estimate of drug-likeness (QED) is 0.611. The molecule has 0 saturated carbocycles. The first kappa shape index (κ1) is 17.7. The third-order valence-corrected chi connectivity index (χ3v) is 6.27. The molecule has 2 atom stereocenters. The third-order valence-electron chi connectivity index (χ3n) is 4.39. The summed E-state index contributed by atoms with van der Waals surface area (Å²) in [6.45, 7) is 6.47. The first-order chi connectivity index (χ1) is 10.9. The Balaban J connectivity index is 2.15. The van der Waals surface area contributed by atoms with Gasteiger partial charge in [-0.3, -0.25) is 4.79 Å². The average molecular weight is 337 g/mol. The molecule has 1 aliphatic rings. The largest absolute Gasteiger partial charge is 0.469 e. The first-order valence-electron chi connectivity index (χ1n) is 7.64. The highest BCUT2D eigenvalue weighted by molar-refractivity contribution is 7.89. The fourth-order valence-corrected chi connectivity index (χ4v) is 4.39. The van der Waals surface area contributed by atoms with E-state index >= 15 is 0 Å². The maximum atomic E-state index is 12.7. The summed E-state index contributed by atoms with van der Waals surface area (Å²) in [6, 6.07) is 6.85. The molecule has 0 amide bonds. The minimum Gasteiger partial charge on any atom is -0.469 e. The molecule has 0 radical (unpaired) electrons. The van der Waals surface area contributed by atoms with Gasteiger partial charge in [-0.05, 0) is 37.3 Å². The standard InChI is InChI=1S/C17H23NO4S/c1-4-14-12-18(10-9-15(14)11-17(19)22-3)23(20,21)16-7-5-13(2)6-8-16/h4-8,14-15H,1,9-12H2,2-3H3/t14-,15+/m0/s1. The lowest BCUT2D eigenvalue weighted by Gasteiger charge is -2.36. The molecule has 0 aromatic heterocycles. The number of sulfonamides is 1. The fraction of sp³-hybridized carbons (Fsp3) is 0.471. The zero-order valence-corrected chi connectivity index (χ0v) is 14.4. The van der Waals surface area contributed by atoms with Crippen LogP contribution in [0.3, 0.4) is 0 Å². The SMILES string of the molecule is C=C[C@H]1CN(S(=O)(=O)c2ccc(C)cc2)CC[C@@H]1CC(=O)OC. The van der Waals surface area contributed by atoms with Crippen LogP contribution in [0.5, 0.6) is 0 Å². The Morgan fingerprint density at radius 2 is 2.04 bits per heavy atom. The monoisotopic (exact) mass is 337 g/mol. The Hall–Kier alpha value is -1.66. The van der Waals surface area contributed by atoms with E-state index in [0.29, 0.717) is 30.8 Å². The number of carbonyl (C=O) groups is 1. The van der Waals surface area contributed by atoms with Crippen molar-refractivity contribution in [3.63, 3.8) is 0 Å². The van der Waals surface area contributed by atoms with Gasteiger partial charge in [-0.25, -0.2) is 8.42 Å². The zero-order chi connectivity index (χ0) is 17.0. The van der Waals surface area contributed by atoms with Gasteiger partial charge < -0.3 is 4.74 Å². The summed E-state index contributed by atoms with van der Waals surface area (Å²) in [7, 11) is -2.15. The van der Waals surface area contributed by atoms with E-state index in [1.54, 1.807) is 30.3 Å². The number of ether oxygens (including phenoxy) is 1. The van der Waals surface area contributed by atoms with Crippen LogP contribution in [0.2, 0.25) is 0 Å². The van der Waals surface area contributed by atoms with E-state index in [1.165, 1.54) is 11.4 Å². The molecule has 0 aliphatic carbocycles. The Kier molecular flexibility index (Phi) is 5.59. The van der Waals surface area contributed by atoms with Crippen molar-refractivity contribution in [2.24, 2.45) is 11.8 Å². The Labute approximate surface area is 138 Å². The van der Waals surface area contributed by atoms with Gasteiger partial charge in [-0.15, -0.1) is 6.58 Å². The van der Waals surface area contributed by atoms with Gasteiger partial charge in [0, 0.05) is 19.5 Å². The van der Waals surface area contributed by atoms with Crippen molar-refractivity contribution in [1.29, 1.82) is 0 Å². The van der Waals surface area contributed by atoms with E-state index in [1.807, 2.05) is 6.92 Å².